The van der Waals surface area contributed by atoms with Gasteiger partial charge in [-0.25, -0.2) is 13.4 Å². The van der Waals surface area contributed by atoms with E-state index in [2.05, 4.69) is 9.71 Å². The lowest BCUT2D eigenvalue weighted by Gasteiger charge is -2.09. The molecule has 0 spiro atoms. The van der Waals surface area contributed by atoms with Crippen LogP contribution in [0.3, 0.4) is 0 Å². The van der Waals surface area contributed by atoms with Crippen LogP contribution in [0.4, 0.5) is 11.5 Å². The molecule has 5 nitrogen and oxygen atoms in total. The molecular weight excluding hydrogens is 286 g/mol. The van der Waals surface area contributed by atoms with Crippen LogP contribution in [-0.2, 0) is 10.0 Å². The van der Waals surface area contributed by atoms with E-state index in [1.165, 1.54) is 12.3 Å². The van der Waals surface area contributed by atoms with Gasteiger partial charge in [0.25, 0.3) is 10.0 Å². The van der Waals surface area contributed by atoms with Crippen LogP contribution in [0.5, 0.6) is 0 Å². The van der Waals surface area contributed by atoms with E-state index in [1.54, 1.807) is 18.2 Å². The summed E-state index contributed by atoms with van der Waals surface area (Å²) in [5.41, 5.74) is 6.88. The quantitative estimate of drug-likeness (QED) is 0.911. The summed E-state index contributed by atoms with van der Waals surface area (Å²) in [7, 11) is -3.72. The van der Waals surface area contributed by atoms with E-state index in [9.17, 15) is 8.42 Å². The van der Waals surface area contributed by atoms with Gasteiger partial charge in [0.05, 0.1) is 5.02 Å². The zero-order valence-electron chi connectivity index (χ0n) is 10.1. The van der Waals surface area contributed by atoms with E-state index < -0.39 is 10.0 Å². The number of benzene rings is 1. The number of aromatic nitrogens is 1. The molecule has 0 aliphatic heterocycles. The summed E-state index contributed by atoms with van der Waals surface area (Å²) in [6, 6.07) is 8.30. The van der Waals surface area contributed by atoms with E-state index in [0.29, 0.717) is 5.69 Å². The number of hydrogen-bond acceptors (Lipinski definition) is 4. The number of nitrogens with two attached hydrogens (primary N) is 1. The van der Waals surface area contributed by atoms with E-state index in [0.717, 1.165) is 5.56 Å². The van der Waals surface area contributed by atoms with E-state index in [4.69, 9.17) is 17.3 Å². The Hall–Kier alpha value is -1.79. The lowest BCUT2D eigenvalue weighted by atomic mass is 10.2. The van der Waals surface area contributed by atoms with Gasteiger partial charge in [0.15, 0.2) is 0 Å². The highest BCUT2D eigenvalue weighted by Crippen LogP contribution is 2.22. The van der Waals surface area contributed by atoms with Crippen LogP contribution in [0.25, 0.3) is 0 Å². The second-order valence-electron chi connectivity index (χ2n) is 4.01. The molecule has 0 aliphatic rings. The fraction of sp³-hybridized carbons (Fsp3) is 0.0833. The molecule has 0 amide bonds. The van der Waals surface area contributed by atoms with Crippen molar-refractivity contribution < 1.29 is 8.42 Å². The summed E-state index contributed by atoms with van der Waals surface area (Å²) < 4.78 is 26.7. The number of anilines is 2. The van der Waals surface area contributed by atoms with Crippen molar-refractivity contribution in [1.82, 2.24) is 4.98 Å². The standard InChI is InChI=1S/C12H12ClN3O2S/c1-8-3-2-4-9(5-8)16-19(17,18)10-6-11(13)12(14)15-7-10/h2-7,16H,1H3,(H2,14,15). The minimum Gasteiger partial charge on any atom is -0.382 e. The average molecular weight is 298 g/mol. The number of nitrogens with one attached hydrogen (secondary N) is 1. The number of nitrogens with zero attached hydrogens (tertiary/aromatic N) is 1. The smallest absolute Gasteiger partial charge is 0.263 e. The third-order valence-electron chi connectivity index (χ3n) is 2.43. The maximum atomic E-state index is 12.1. The van der Waals surface area contributed by atoms with Gasteiger partial charge >= 0.3 is 0 Å². The highest BCUT2D eigenvalue weighted by Gasteiger charge is 2.16. The number of nitrogen functional groups attached to an aromatic ring is 1. The molecule has 19 heavy (non-hydrogen) atoms. The highest BCUT2D eigenvalue weighted by atomic mass is 35.5. The van der Waals surface area contributed by atoms with Crippen molar-refractivity contribution in [3.8, 4) is 0 Å². The van der Waals surface area contributed by atoms with Gasteiger partial charge in [0, 0.05) is 11.9 Å². The second kappa shape index (κ2) is 5.07. The molecule has 0 fully saturated rings. The Balaban J connectivity index is 2.35. The summed E-state index contributed by atoms with van der Waals surface area (Å²) in [6.07, 6.45) is 1.17. The van der Waals surface area contributed by atoms with E-state index >= 15 is 0 Å². The van der Waals surface area contributed by atoms with Crippen molar-refractivity contribution in [1.29, 1.82) is 0 Å². The molecule has 0 radical (unpaired) electrons. The number of halogens is 1. The number of sulfonamides is 1. The number of rotatable bonds is 3. The van der Waals surface area contributed by atoms with Crippen LogP contribution in [0.1, 0.15) is 5.56 Å². The van der Waals surface area contributed by atoms with Gasteiger partial charge in [-0.15, -0.1) is 0 Å². The summed E-state index contributed by atoms with van der Waals surface area (Å²) in [5.74, 6) is 0.0937. The van der Waals surface area contributed by atoms with Gasteiger partial charge in [0.1, 0.15) is 10.7 Å². The molecule has 1 aromatic carbocycles. The van der Waals surface area contributed by atoms with Crippen LogP contribution in [0.2, 0.25) is 5.02 Å². The first-order chi connectivity index (χ1) is 8.88. The molecule has 100 valence electrons. The van der Waals surface area contributed by atoms with Crippen LogP contribution in [0, 0.1) is 6.92 Å². The summed E-state index contributed by atoms with van der Waals surface area (Å²) >= 11 is 5.77. The number of pyridine rings is 1. The third kappa shape index (κ3) is 3.15. The molecule has 0 bridgehead atoms. The van der Waals surface area contributed by atoms with Crippen molar-refractivity contribution >= 4 is 33.1 Å². The molecule has 1 heterocycles. The predicted molar refractivity (Wildman–Crippen MR) is 75.6 cm³/mol. The highest BCUT2D eigenvalue weighted by molar-refractivity contribution is 7.92. The Morgan fingerprint density at radius 1 is 1.32 bits per heavy atom. The topological polar surface area (TPSA) is 85.1 Å². The fourth-order valence-electron chi connectivity index (χ4n) is 1.50. The van der Waals surface area contributed by atoms with E-state index in [1.807, 2.05) is 13.0 Å². The lowest BCUT2D eigenvalue weighted by Crippen LogP contribution is -2.13. The molecule has 1 aromatic heterocycles. The summed E-state index contributed by atoms with van der Waals surface area (Å²) in [6.45, 7) is 1.87. The maximum Gasteiger partial charge on any atom is 0.263 e. The predicted octanol–water partition coefficient (Wildman–Crippen LogP) is 2.43. The van der Waals surface area contributed by atoms with E-state index in [-0.39, 0.29) is 15.7 Å². The van der Waals surface area contributed by atoms with Gasteiger partial charge in [-0.2, -0.15) is 0 Å². The van der Waals surface area contributed by atoms with Gasteiger partial charge in [0.2, 0.25) is 0 Å². The van der Waals surface area contributed by atoms with Crippen molar-refractivity contribution in [3.63, 3.8) is 0 Å². The molecule has 0 saturated carbocycles. The largest absolute Gasteiger partial charge is 0.382 e. The molecule has 3 N–H and O–H groups in total. The van der Waals surface area contributed by atoms with Crippen LogP contribution in [-0.4, -0.2) is 13.4 Å². The maximum absolute atomic E-state index is 12.1. The van der Waals surface area contributed by atoms with Crippen molar-refractivity contribution in [2.24, 2.45) is 0 Å². The lowest BCUT2D eigenvalue weighted by molar-refractivity contribution is 0.601. The van der Waals surface area contributed by atoms with Crippen LogP contribution in [0.15, 0.2) is 41.4 Å². The molecule has 0 atom stereocenters. The first-order valence-electron chi connectivity index (χ1n) is 5.39. The van der Waals surface area contributed by atoms with Crippen molar-refractivity contribution in [2.75, 3.05) is 10.5 Å². The van der Waals surface area contributed by atoms with Crippen LogP contribution < -0.4 is 10.5 Å². The molecule has 0 aliphatic carbocycles. The van der Waals surface area contributed by atoms with Crippen LogP contribution >= 0.6 is 11.6 Å². The fourth-order valence-corrected chi connectivity index (χ4v) is 2.75. The van der Waals surface area contributed by atoms with Gasteiger partial charge < -0.3 is 5.73 Å². The van der Waals surface area contributed by atoms with Gasteiger partial charge in [-0.3, -0.25) is 4.72 Å². The summed E-state index contributed by atoms with van der Waals surface area (Å²) in [4.78, 5) is 3.70. The Bertz CT molecular complexity index is 717. The molecule has 7 heteroatoms. The third-order valence-corrected chi connectivity index (χ3v) is 4.08. The SMILES string of the molecule is Cc1cccc(NS(=O)(=O)c2cnc(N)c(Cl)c2)c1. The molecule has 2 aromatic rings. The molecule has 0 unspecified atom stereocenters. The molecule has 0 saturated heterocycles. The zero-order chi connectivity index (χ0) is 14.0. The van der Waals surface area contributed by atoms with Crippen molar-refractivity contribution in [3.05, 3.63) is 47.1 Å². The number of hydrogen-bond donors (Lipinski definition) is 2. The monoisotopic (exact) mass is 297 g/mol. The number of aryl methyl sites for hydroxylation is 1. The van der Waals surface area contributed by atoms with Gasteiger partial charge in [-0.1, -0.05) is 23.7 Å². The second-order valence-corrected chi connectivity index (χ2v) is 6.10. The normalized spacial score (nSPS) is 11.3. The minimum atomic E-state index is -3.72. The molecule has 2 rings (SSSR count). The Morgan fingerprint density at radius 2 is 2.05 bits per heavy atom. The Morgan fingerprint density at radius 3 is 2.68 bits per heavy atom. The summed E-state index contributed by atoms with van der Waals surface area (Å²) in [5, 5.41) is 0.104. The van der Waals surface area contributed by atoms with Gasteiger partial charge in [-0.05, 0) is 30.7 Å². The first-order valence-corrected chi connectivity index (χ1v) is 7.25. The first kappa shape index (κ1) is 13.6. The van der Waals surface area contributed by atoms with Crippen molar-refractivity contribution in [2.45, 2.75) is 11.8 Å². The zero-order valence-corrected chi connectivity index (χ0v) is 11.7. The minimum absolute atomic E-state index is 0.0341. The Kier molecular flexibility index (Phi) is 3.64. The average Bonchev–Trinajstić information content (AvgIpc) is 2.32. The molecular formula is C12H12ClN3O2S. The Labute approximate surface area is 116 Å².